The maximum Gasteiger partial charge on any atom is 0.336 e. The normalized spacial score (nSPS) is 28.7. The van der Waals surface area contributed by atoms with E-state index in [1.165, 1.54) is 17.8 Å². The zero-order valence-electron chi connectivity index (χ0n) is 11.8. The maximum absolute atomic E-state index is 11.4. The van der Waals surface area contributed by atoms with Crippen molar-refractivity contribution in [3.05, 3.63) is 40.2 Å². The van der Waals surface area contributed by atoms with Crippen molar-refractivity contribution in [2.45, 2.75) is 30.7 Å². The molecule has 3 rings (SSSR count). The molecule has 1 aromatic heterocycles. The number of thioether (sulfide) groups is 1. The Hall–Kier alpha value is -1.54. The van der Waals surface area contributed by atoms with Gasteiger partial charge in [-0.2, -0.15) is 0 Å². The second-order valence-corrected chi connectivity index (χ2v) is 6.41. The molecule has 1 fully saturated rings. The molecule has 2 heterocycles. The van der Waals surface area contributed by atoms with Crippen LogP contribution in [0.3, 0.4) is 0 Å². The van der Waals surface area contributed by atoms with E-state index in [0.29, 0.717) is 11.3 Å². The Morgan fingerprint density at radius 3 is 2.77 bits per heavy atom. The molecule has 0 aliphatic carbocycles. The van der Waals surface area contributed by atoms with Gasteiger partial charge in [0.1, 0.15) is 23.5 Å². The van der Waals surface area contributed by atoms with Crippen molar-refractivity contribution < 1.29 is 24.5 Å². The van der Waals surface area contributed by atoms with Crippen molar-refractivity contribution in [2.24, 2.45) is 0 Å². The van der Waals surface area contributed by atoms with E-state index in [0.717, 1.165) is 10.9 Å². The molecule has 2 aromatic rings. The summed E-state index contributed by atoms with van der Waals surface area (Å²) in [5, 5.41) is 29.9. The highest BCUT2D eigenvalue weighted by atomic mass is 32.2. The molecule has 1 saturated heterocycles. The minimum atomic E-state index is -1.24. The topological polar surface area (TPSA) is 100 Å². The summed E-state index contributed by atoms with van der Waals surface area (Å²) in [5.41, 5.74) is 0.0713. The van der Waals surface area contributed by atoms with Gasteiger partial charge in [0, 0.05) is 23.3 Å². The maximum atomic E-state index is 11.4. The van der Waals surface area contributed by atoms with E-state index in [1.807, 2.05) is 6.92 Å². The molecular weight excluding hydrogens is 308 g/mol. The monoisotopic (exact) mass is 324 g/mol. The fourth-order valence-electron chi connectivity index (χ4n) is 2.40. The van der Waals surface area contributed by atoms with Crippen LogP contribution in [0.2, 0.25) is 0 Å². The summed E-state index contributed by atoms with van der Waals surface area (Å²) in [6.07, 6.45) is -3.42. The third kappa shape index (κ3) is 2.85. The second kappa shape index (κ2) is 5.92. The lowest BCUT2D eigenvalue weighted by atomic mass is 10.1. The van der Waals surface area contributed by atoms with Crippen molar-refractivity contribution in [1.82, 2.24) is 0 Å². The first-order valence-electron chi connectivity index (χ1n) is 6.82. The molecule has 1 aliphatic rings. The Morgan fingerprint density at radius 1 is 1.23 bits per heavy atom. The minimum Gasteiger partial charge on any atom is -0.477 e. The number of aliphatic hydroxyl groups excluding tert-OH is 3. The molecule has 118 valence electrons. The zero-order chi connectivity index (χ0) is 15.9. The van der Waals surface area contributed by atoms with Gasteiger partial charge in [-0.3, -0.25) is 0 Å². The molecule has 1 aromatic carbocycles. The van der Waals surface area contributed by atoms with E-state index < -0.39 is 29.4 Å². The van der Waals surface area contributed by atoms with Crippen molar-refractivity contribution >= 4 is 22.7 Å². The van der Waals surface area contributed by atoms with Gasteiger partial charge in [0.25, 0.3) is 0 Å². The summed E-state index contributed by atoms with van der Waals surface area (Å²) in [5.74, 6) is 0.686. The molecule has 3 N–H and O–H groups in total. The van der Waals surface area contributed by atoms with Crippen LogP contribution in [0, 0.1) is 6.92 Å². The number of hydrogen-bond acceptors (Lipinski definition) is 7. The highest BCUT2D eigenvalue weighted by Gasteiger charge is 2.38. The number of aryl methyl sites for hydroxylation is 1. The third-order valence-corrected chi connectivity index (χ3v) is 4.87. The molecule has 0 amide bonds. The standard InChI is InChI=1S/C15H16O6S/c1-7-4-12(17)21-11-5-8(2-3-9(7)11)20-15-14(19)13(18)10(16)6-22-15/h2-5,10,13-16,18-19H,6H2,1H3/t10-,13?,14-,15-/m1/s1. The summed E-state index contributed by atoms with van der Waals surface area (Å²) < 4.78 is 10.8. The van der Waals surface area contributed by atoms with Crippen LogP contribution < -0.4 is 10.4 Å². The van der Waals surface area contributed by atoms with Crippen LogP contribution in [0.5, 0.6) is 5.75 Å². The van der Waals surface area contributed by atoms with Gasteiger partial charge in [-0.1, -0.05) is 0 Å². The molecule has 0 bridgehead atoms. The first kappa shape index (κ1) is 15.4. The first-order valence-corrected chi connectivity index (χ1v) is 7.87. The van der Waals surface area contributed by atoms with Gasteiger partial charge in [0.15, 0.2) is 5.44 Å². The molecule has 1 aliphatic heterocycles. The van der Waals surface area contributed by atoms with Crippen molar-refractivity contribution in [3.63, 3.8) is 0 Å². The lowest BCUT2D eigenvalue weighted by molar-refractivity contribution is -0.0786. The van der Waals surface area contributed by atoms with Crippen LogP contribution in [0.1, 0.15) is 5.56 Å². The molecule has 0 saturated carbocycles. The predicted octanol–water partition coefficient (Wildman–Crippen LogP) is 0.636. The molecular formula is C15H16O6S. The van der Waals surface area contributed by atoms with Crippen LogP contribution in [0.4, 0.5) is 0 Å². The fourth-order valence-corrected chi connectivity index (χ4v) is 3.52. The number of benzene rings is 1. The van der Waals surface area contributed by atoms with Crippen molar-refractivity contribution in [1.29, 1.82) is 0 Å². The Labute approximate surface area is 130 Å². The number of aliphatic hydroxyl groups is 3. The number of fused-ring (bicyclic) bond motifs is 1. The second-order valence-electron chi connectivity index (χ2n) is 5.27. The van der Waals surface area contributed by atoms with Crippen molar-refractivity contribution in [2.75, 3.05) is 5.75 Å². The van der Waals surface area contributed by atoms with Gasteiger partial charge in [0.2, 0.25) is 0 Å². The van der Waals surface area contributed by atoms with Gasteiger partial charge < -0.3 is 24.5 Å². The Morgan fingerprint density at radius 2 is 2.00 bits per heavy atom. The molecule has 1 unspecified atom stereocenters. The van der Waals surface area contributed by atoms with Crippen LogP contribution in [0.15, 0.2) is 33.5 Å². The smallest absolute Gasteiger partial charge is 0.336 e. The number of ether oxygens (including phenoxy) is 1. The molecule has 6 nitrogen and oxygen atoms in total. The highest BCUT2D eigenvalue weighted by Crippen LogP contribution is 2.30. The molecule has 0 spiro atoms. The summed E-state index contributed by atoms with van der Waals surface area (Å²) in [6.45, 7) is 1.82. The summed E-state index contributed by atoms with van der Waals surface area (Å²) in [7, 11) is 0. The largest absolute Gasteiger partial charge is 0.477 e. The summed E-state index contributed by atoms with van der Waals surface area (Å²) in [4.78, 5) is 11.4. The van der Waals surface area contributed by atoms with Crippen LogP contribution >= 0.6 is 11.8 Å². The van der Waals surface area contributed by atoms with E-state index in [-0.39, 0.29) is 5.75 Å². The quantitative estimate of drug-likeness (QED) is 0.697. The van der Waals surface area contributed by atoms with Gasteiger partial charge in [0.05, 0.1) is 6.10 Å². The first-order chi connectivity index (χ1) is 10.5. The molecule has 22 heavy (non-hydrogen) atoms. The van der Waals surface area contributed by atoms with Crippen molar-refractivity contribution in [3.8, 4) is 5.75 Å². The SMILES string of the molecule is Cc1cc(=O)oc2cc(O[C@@H]3SC[C@@H](O)C(O)[C@H]3O)ccc12. The highest BCUT2D eigenvalue weighted by molar-refractivity contribution is 7.99. The Bertz CT molecular complexity index is 742. The molecule has 4 atom stereocenters. The van der Waals surface area contributed by atoms with E-state index in [1.54, 1.807) is 18.2 Å². The summed E-state index contributed by atoms with van der Waals surface area (Å²) >= 11 is 1.22. The van der Waals surface area contributed by atoms with E-state index >= 15 is 0 Å². The van der Waals surface area contributed by atoms with E-state index in [2.05, 4.69) is 0 Å². The number of hydrogen-bond donors (Lipinski definition) is 3. The third-order valence-electron chi connectivity index (χ3n) is 3.63. The molecule has 7 heteroatoms. The van der Waals surface area contributed by atoms with Crippen LogP contribution in [0.25, 0.3) is 11.0 Å². The minimum absolute atomic E-state index is 0.269. The van der Waals surface area contributed by atoms with E-state index in [9.17, 15) is 20.1 Å². The van der Waals surface area contributed by atoms with Crippen LogP contribution in [-0.2, 0) is 0 Å². The Balaban J connectivity index is 1.87. The lowest BCUT2D eigenvalue weighted by Crippen LogP contribution is -2.50. The van der Waals surface area contributed by atoms with Gasteiger partial charge in [-0.05, 0) is 24.6 Å². The van der Waals surface area contributed by atoms with Crippen LogP contribution in [-0.4, -0.2) is 44.8 Å². The molecule has 0 radical (unpaired) electrons. The predicted molar refractivity (Wildman–Crippen MR) is 82.1 cm³/mol. The Kier molecular flexibility index (Phi) is 4.14. The fraction of sp³-hybridized carbons (Fsp3) is 0.400. The van der Waals surface area contributed by atoms with Gasteiger partial charge in [-0.25, -0.2) is 4.79 Å². The van der Waals surface area contributed by atoms with E-state index in [4.69, 9.17) is 9.15 Å². The average molecular weight is 324 g/mol. The lowest BCUT2D eigenvalue weighted by Gasteiger charge is -2.34. The van der Waals surface area contributed by atoms with Gasteiger partial charge >= 0.3 is 5.63 Å². The summed E-state index contributed by atoms with van der Waals surface area (Å²) in [6, 6.07) is 6.48. The average Bonchev–Trinajstić information content (AvgIpc) is 2.47. The zero-order valence-corrected chi connectivity index (χ0v) is 12.6. The number of rotatable bonds is 2. The van der Waals surface area contributed by atoms with Gasteiger partial charge in [-0.15, -0.1) is 11.8 Å².